The largest absolute Gasteiger partial charge is 0.484 e. The van der Waals surface area contributed by atoms with Crippen LogP contribution in [0.4, 0.5) is 4.39 Å². The van der Waals surface area contributed by atoms with Crippen molar-refractivity contribution in [2.24, 2.45) is 5.10 Å². The summed E-state index contributed by atoms with van der Waals surface area (Å²) in [5, 5.41) is 4.51. The predicted octanol–water partition coefficient (Wildman–Crippen LogP) is 6.06. The lowest BCUT2D eigenvalue weighted by Gasteiger charge is -2.11. The van der Waals surface area contributed by atoms with Crippen LogP contribution in [-0.2, 0) is 4.79 Å². The van der Waals surface area contributed by atoms with Crippen LogP contribution in [0.3, 0.4) is 0 Å². The first-order chi connectivity index (χ1) is 15.7. The van der Waals surface area contributed by atoms with E-state index in [0.717, 1.165) is 11.6 Å². The van der Waals surface area contributed by atoms with Gasteiger partial charge in [-0.1, -0.05) is 33.6 Å². The predicted molar refractivity (Wildman–Crippen MR) is 131 cm³/mol. The van der Waals surface area contributed by atoms with Crippen molar-refractivity contribution in [3.8, 4) is 11.5 Å². The lowest BCUT2D eigenvalue weighted by molar-refractivity contribution is -0.123. The maximum Gasteiger partial charge on any atom is 0.343 e. The molecule has 10 heteroatoms. The van der Waals surface area contributed by atoms with E-state index in [-0.39, 0.29) is 17.9 Å². The van der Waals surface area contributed by atoms with Crippen LogP contribution in [0.5, 0.6) is 11.5 Å². The number of carbonyl (C=O) groups is 2. The van der Waals surface area contributed by atoms with Gasteiger partial charge in [0, 0.05) is 15.1 Å². The van der Waals surface area contributed by atoms with Crippen LogP contribution in [0.2, 0.25) is 5.02 Å². The number of amides is 1. The average molecular weight is 599 g/mol. The molecule has 0 spiro atoms. The summed E-state index contributed by atoms with van der Waals surface area (Å²) >= 11 is 12.7. The van der Waals surface area contributed by atoms with E-state index in [2.05, 4.69) is 42.4 Å². The molecule has 170 valence electrons. The molecule has 0 aliphatic carbocycles. The number of hydrogen-bond acceptors (Lipinski definition) is 5. The molecule has 0 aliphatic rings. The van der Waals surface area contributed by atoms with Crippen LogP contribution >= 0.6 is 43.5 Å². The maximum absolute atomic E-state index is 13.4. The molecule has 0 radical (unpaired) electrons. The summed E-state index contributed by atoms with van der Waals surface area (Å²) in [5.41, 5.74) is 3.61. The van der Waals surface area contributed by atoms with Gasteiger partial charge < -0.3 is 9.47 Å². The molecule has 0 heterocycles. The number of halogens is 4. The van der Waals surface area contributed by atoms with Gasteiger partial charge in [0.15, 0.2) is 12.4 Å². The molecular weight excluding hydrogens is 583 g/mol. The van der Waals surface area contributed by atoms with Crippen LogP contribution < -0.4 is 14.9 Å². The summed E-state index contributed by atoms with van der Waals surface area (Å²) < 4.78 is 25.4. The van der Waals surface area contributed by atoms with E-state index in [1.54, 1.807) is 30.3 Å². The zero-order chi connectivity index (χ0) is 24.0. The summed E-state index contributed by atoms with van der Waals surface area (Å²) in [7, 11) is 0. The lowest BCUT2D eigenvalue weighted by Crippen LogP contribution is -2.24. The fourth-order valence-electron chi connectivity index (χ4n) is 2.61. The van der Waals surface area contributed by atoms with Gasteiger partial charge in [0.05, 0.1) is 16.3 Å². The van der Waals surface area contributed by atoms with Gasteiger partial charge in [-0.25, -0.2) is 14.6 Å². The van der Waals surface area contributed by atoms with Crippen molar-refractivity contribution in [3.63, 3.8) is 0 Å². The first-order valence-electron chi connectivity index (χ1n) is 9.40. The van der Waals surface area contributed by atoms with Gasteiger partial charge >= 0.3 is 5.97 Å². The minimum atomic E-state index is -0.747. The fraction of sp³-hybridized carbons (Fsp3) is 0.0870. The quantitative estimate of drug-likeness (QED) is 0.155. The molecule has 1 amide bonds. The number of ether oxygens (including phenoxy) is 2. The van der Waals surface area contributed by atoms with Crippen molar-refractivity contribution in [1.82, 2.24) is 5.43 Å². The maximum atomic E-state index is 13.4. The SMILES string of the molecule is Cc1cc(OCC(=O)N/N=C\c2cc(Br)cc(Br)c2OC(=O)c2cccc(F)c2)ccc1Cl. The molecule has 6 nitrogen and oxygen atoms in total. The van der Waals surface area contributed by atoms with Crippen LogP contribution in [0.1, 0.15) is 21.5 Å². The Morgan fingerprint density at radius 1 is 1.15 bits per heavy atom. The normalized spacial score (nSPS) is 10.8. The highest BCUT2D eigenvalue weighted by Crippen LogP contribution is 2.32. The van der Waals surface area contributed by atoms with Gasteiger partial charge in [-0.2, -0.15) is 5.10 Å². The molecule has 33 heavy (non-hydrogen) atoms. The number of carbonyl (C=O) groups excluding carboxylic acids is 2. The standard InChI is InChI=1S/C23H16Br2ClFN2O4/c1-13-7-18(5-6-20(13)26)32-12-21(30)29-28-11-15-8-16(24)10-19(25)22(15)33-23(31)14-3-2-4-17(27)9-14/h2-11H,12H2,1H3,(H,29,30)/b28-11-. The third-order valence-corrected chi connectivity index (χ3v) is 5.66. The molecular formula is C23H16Br2ClFN2O4. The van der Waals surface area contributed by atoms with Gasteiger partial charge in [0.1, 0.15) is 11.6 Å². The Bertz CT molecular complexity index is 1240. The molecule has 3 rings (SSSR count). The van der Waals surface area contributed by atoms with Crippen LogP contribution in [0, 0.1) is 12.7 Å². The van der Waals surface area contributed by atoms with E-state index in [4.69, 9.17) is 21.1 Å². The molecule has 0 fully saturated rings. The second kappa shape index (κ2) is 11.4. The highest BCUT2D eigenvalue weighted by Gasteiger charge is 2.16. The van der Waals surface area contributed by atoms with Crippen molar-refractivity contribution in [2.75, 3.05) is 6.61 Å². The van der Waals surface area contributed by atoms with Crippen molar-refractivity contribution in [2.45, 2.75) is 6.92 Å². The molecule has 3 aromatic carbocycles. The minimum absolute atomic E-state index is 0.0515. The zero-order valence-electron chi connectivity index (χ0n) is 17.1. The Morgan fingerprint density at radius 3 is 2.67 bits per heavy atom. The number of benzene rings is 3. The van der Waals surface area contributed by atoms with Gasteiger partial charge in [-0.3, -0.25) is 4.79 Å². The first-order valence-corrected chi connectivity index (χ1v) is 11.4. The van der Waals surface area contributed by atoms with E-state index in [1.165, 1.54) is 24.4 Å². The molecule has 0 aliphatic heterocycles. The first kappa shape index (κ1) is 24.9. The summed E-state index contributed by atoms with van der Waals surface area (Å²) in [6.45, 7) is 1.57. The molecule has 0 unspecified atom stereocenters. The monoisotopic (exact) mass is 596 g/mol. The summed E-state index contributed by atoms with van der Waals surface area (Å²) in [6, 6.07) is 13.5. The van der Waals surface area contributed by atoms with Crippen LogP contribution in [0.15, 0.2) is 68.6 Å². The Hall–Kier alpha value is -2.75. The molecule has 1 N–H and O–H groups in total. The number of hydrazone groups is 1. The van der Waals surface area contributed by atoms with Crippen molar-refractivity contribution < 1.29 is 23.5 Å². The molecule has 0 saturated carbocycles. The van der Waals surface area contributed by atoms with Gasteiger partial charge in [-0.05, 0) is 76.9 Å². The van der Waals surface area contributed by atoms with Gasteiger partial charge in [0.25, 0.3) is 5.91 Å². The number of hydrogen-bond donors (Lipinski definition) is 1. The highest BCUT2D eigenvalue weighted by atomic mass is 79.9. The number of esters is 1. The van der Waals surface area contributed by atoms with Gasteiger partial charge in [-0.15, -0.1) is 0 Å². The summed E-state index contributed by atoms with van der Waals surface area (Å²) in [6.07, 6.45) is 1.31. The number of aryl methyl sites for hydroxylation is 1. The third kappa shape index (κ3) is 7.12. The smallest absolute Gasteiger partial charge is 0.343 e. The molecule has 3 aromatic rings. The second-order valence-corrected chi connectivity index (χ2v) is 8.88. The Morgan fingerprint density at radius 2 is 1.94 bits per heavy atom. The van der Waals surface area contributed by atoms with E-state index >= 15 is 0 Å². The topological polar surface area (TPSA) is 77.0 Å². The molecule has 0 aromatic heterocycles. The molecule has 0 saturated heterocycles. The van der Waals surface area contributed by atoms with E-state index < -0.39 is 17.7 Å². The number of rotatable bonds is 7. The van der Waals surface area contributed by atoms with Crippen molar-refractivity contribution >= 4 is 61.6 Å². The van der Waals surface area contributed by atoms with E-state index in [9.17, 15) is 14.0 Å². The summed E-state index contributed by atoms with van der Waals surface area (Å²) in [5.74, 6) is -1.15. The van der Waals surface area contributed by atoms with E-state index in [1.807, 2.05) is 6.92 Å². The second-order valence-electron chi connectivity index (χ2n) is 6.70. The summed E-state index contributed by atoms with van der Waals surface area (Å²) in [4.78, 5) is 24.5. The van der Waals surface area contributed by atoms with E-state index in [0.29, 0.717) is 25.3 Å². The number of nitrogens with one attached hydrogen (secondary N) is 1. The van der Waals surface area contributed by atoms with Crippen LogP contribution in [-0.4, -0.2) is 24.7 Å². The Labute approximate surface area is 211 Å². The van der Waals surface area contributed by atoms with Gasteiger partial charge in [0.2, 0.25) is 0 Å². The van der Waals surface area contributed by atoms with Crippen LogP contribution in [0.25, 0.3) is 0 Å². The lowest BCUT2D eigenvalue weighted by atomic mass is 10.2. The van der Waals surface area contributed by atoms with Crippen molar-refractivity contribution in [3.05, 3.63) is 91.1 Å². The Kier molecular flexibility index (Phi) is 8.60. The average Bonchev–Trinajstić information content (AvgIpc) is 2.76. The Balaban J connectivity index is 1.67. The molecule has 0 bridgehead atoms. The third-order valence-electron chi connectivity index (χ3n) is 4.18. The van der Waals surface area contributed by atoms with Crippen molar-refractivity contribution in [1.29, 1.82) is 0 Å². The highest BCUT2D eigenvalue weighted by molar-refractivity contribution is 9.11. The zero-order valence-corrected chi connectivity index (χ0v) is 21.0. The fourth-order valence-corrected chi connectivity index (χ4v) is 4.07. The minimum Gasteiger partial charge on any atom is -0.484 e. The number of nitrogens with zero attached hydrogens (tertiary/aromatic N) is 1. The molecule has 0 atom stereocenters.